The minimum Gasteiger partial charge on any atom is -0.493 e. The van der Waals surface area contributed by atoms with Crippen LogP contribution in [0.2, 0.25) is 0 Å². The van der Waals surface area contributed by atoms with Crippen molar-refractivity contribution in [2.45, 2.75) is 20.8 Å². The molecule has 0 bridgehead atoms. The molecule has 0 saturated carbocycles. The molecule has 18 heavy (non-hydrogen) atoms. The summed E-state index contributed by atoms with van der Waals surface area (Å²) in [4.78, 5) is 20.4. The molecule has 0 unspecified atom stereocenters. The van der Waals surface area contributed by atoms with Crippen LogP contribution in [0.25, 0.3) is 0 Å². The Bertz CT molecular complexity index is 387. The fraction of sp³-hybridized carbons (Fsp3) is 0.385. The molecule has 0 amide bonds. The summed E-state index contributed by atoms with van der Waals surface area (Å²) >= 11 is 0. The number of hydrogen-bond donors (Lipinski definition) is 1. The molecule has 0 heterocycles. The second-order valence-electron chi connectivity index (χ2n) is 3.16. The minimum atomic E-state index is -0.959. The van der Waals surface area contributed by atoms with Gasteiger partial charge in [0.1, 0.15) is 11.3 Å². The minimum absolute atomic E-state index is 0.208. The van der Waals surface area contributed by atoms with Crippen LogP contribution in [-0.4, -0.2) is 30.3 Å². The molecule has 1 N–H and O–H groups in total. The van der Waals surface area contributed by atoms with Crippen molar-refractivity contribution in [3.63, 3.8) is 0 Å². The largest absolute Gasteiger partial charge is 0.493 e. The molecule has 0 saturated heterocycles. The van der Waals surface area contributed by atoms with Gasteiger partial charge in [0, 0.05) is 6.92 Å². The molecule has 5 heteroatoms. The number of para-hydroxylation sites is 1. The van der Waals surface area contributed by atoms with E-state index in [0.29, 0.717) is 19.0 Å². The van der Waals surface area contributed by atoms with Crippen LogP contribution in [0.5, 0.6) is 5.75 Å². The van der Waals surface area contributed by atoms with E-state index >= 15 is 0 Å². The van der Waals surface area contributed by atoms with Gasteiger partial charge in [-0.1, -0.05) is 12.1 Å². The number of carboxylic acids is 1. The topological polar surface area (TPSA) is 72.8 Å². The summed E-state index contributed by atoms with van der Waals surface area (Å²) in [6.45, 7) is 5.95. The summed E-state index contributed by atoms with van der Waals surface area (Å²) in [7, 11) is 0. The number of esters is 1. The average Bonchev–Trinajstić information content (AvgIpc) is 2.30. The lowest BCUT2D eigenvalue weighted by Gasteiger charge is -2.05. The highest BCUT2D eigenvalue weighted by molar-refractivity contribution is 5.90. The van der Waals surface area contributed by atoms with Crippen molar-refractivity contribution >= 4 is 11.9 Å². The van der Waals surface area contributed by atoms with E-state index in [9.17, 15) is 9.59 Å². The summed E-state index contributed by atoms with van der Waals surface area (Å²) in [5.41, 5.74) is 0.208. The molecule has 100 valence electrons. The van der Waals surface area contributed by atoms with E-state index in [4.69, 9.17) is 9.84 Å². The number of carbonyl (C=O) groups is 2. The third-order valence-corrected chi connectivity index (χ3v) is 1.76. The number of rotatable bonds is 4. The Morgan fingerprint density at radius 2 is 1.78 bits per heavy atom. The standard InChI is InChI=1S/C9H10O3.C4H8O2/c1-2-12-8-6-4-3-5-7(8)9(10)11;1-3-6-4(2)5/h3-6H,2H2,1H3,(H,10,11);3H2,1-2H3. The van der Waals surface area contributed by atoms with Crippen molar-refractivity contribution in [3.05, 3.63) is 29.8 Å². The predicted molar refractivity (Wildman–Crippen MR) is 66.9 cm³/mol. The van der Waals surface area contributed by atoms with Crippen LogP contribution in [0, 0.1) is 0 Å². The van der Waals surface area contributed by atoms with Gasteiger partial charge in [0.25, 0.3) is 0 Å². The summed E-state index contributed by atoms with van der Waals surface area (Å²) in [5, 5.41) is 8.71. The van der Waals surface area contributed by atoms with Crippen LogP contribution >= 0.6 is 0 Å². The molecule has 1 aromatic carbocycles. The molecule has 1 aromatic rings. The monoisotopic (exact) mass is 254 g/mol. The van der Waals surface area contributed by atoms with E-state index in [-0.39, 0.29) is 11.5 Å². The Balaban J connectivity index is 0.000000411. The van der Waals surface area contributed by atoms with Gasteiger partial charge in [-0.3, -0.25) is 4.79 Å². The average molecular weight is 254 g/mol. The molecular formula is C13H18O5. The van der Waals surface area contributed by atoms with Gasteiger partial charge < -0.3 is 14.6 Å². The van der Waals surface area contributed by atoms with Gasteiger partial charge in [0.2, 0.25) is 0 Å². The van der Waals surface area contributed by atoms with Crippen LogP contribution < -0.4 is 4.74 Å². The van der Waals surface area contributed by atoms with Crippen LogP contribution in [-0.2, 0) is 9.53 Å². The first-order valence-electron chi connectivity index (χ1n) is 5.61. The molecule has 0 atom stereocenters. The number of carboxylic acid groups (broad SMARTS) is 1. The Morgan fingerprint density at radius 3 is 2.17 bits per heavy atom. The second kappa shape index (κ2) is 9.04. The molecule has 0 aliphatic rings. The highest BCUT2D eigenvalue weighted by Gasteiger charge is 2.08. The summed E-state index contributed by atoms with van der Waals surface area (Å²) in [6.07, 6.45) is 0. The molecule has 0 fully saturated rings. The first-order valence-corrected chi connectivity index (χ1v) is 5.61. The summed E-state index contributed by atoms with van der Waals surface area (Å²) in [5.74, 6) is -0.746. The smallest absolute Gasteiger partial charge is 0.339 e. The fourth-order valence-electron chi connectivity index (χ4n) is 1.13. The molecule has 0 aromatic heterocycles. The second-order valence-corrected chi connectivity index (χ2v) is 3.16. The Hall–Kier alpha value is -2.04. The molecule has 0 radical (unpaired) electrons. The van der Waals surface area contributed by atoms with Gasteiger partial charge in [0.05, 0.1) is 13.2 Å². The lowest BCUT2D eigenvalue weighted by Crippen LogP contribution is -2.01. The van der Waals surface area contributed by atoms with E-state index in [0.717, 1.165) is 0 Å². The van der Waals surface area contributed by atoms with Gasteiger partial charge in [-0.05, 0) is 26.0 Å². The van der Waals surface area contributed by atoms with E-state index in [1.165, 1.54) is 13.0 Å². The Labute approximate surface area is 106 Å². The number of carbonyl (C=O) groups excluding carboxylic acids is 1. The molecule has 1 rings (SSSR count). The SMILES string of the molecule is CCOC(C)=O.CCOc1ccccc1C(=O)O. The van der Waals surface area contributed by atoms with Crippen molar-refractivity contribution < 1.29 is 24.2 Å². The normalized spacial score (nSPS) is 8.83. The lowest BCUT2D eigenvalue weighted by atomic mass is 10.2. The molecule has 0 aliphatic carbocycles. The van der Waals surface area contributed by atoms with Crippen LogP contribution in [0.3, 0.4) is 0 Å². The summed E-state index contributed by atoms with van der Waals surface area (Å²) in [6, 6.07) is 6.59. The Morgan fingerprint density at radius 1 is 1.17 bits per heavy atom. The highest BCUT2D eigenvalue weighted by Crippen LogP contribution is 2.17. The van der Waals surface area contributed by atoms with Crippen LogP contribution in [0.1, 0.15) is 31.1 Å². The predicted octanol–water partition coefficient (Wildman–Crippen LogP) is 2.35. The van der Waals surface area contributed by atoms with Gasteiger partial charge >= 0.3 is 11.9 Å². The van der Waals surface area contributed by atoms with E-state index in [2.05, 4.69) is 4.74 Å². The zero-order valence-electron chi connectivity index (χ0n) is 10.8. The van der Waals surface area contributed by atoms with E-state index in [1.807, 2.05) is 6.92 Å². The molecular weight excluding hydrogens is 236 g/mol. The van der Waals surface area contributed by atoms with Crippen molar-refractivity contribution in [1.29, 1.82) is 0 Å². The number of aromatic carboxylic acids is 1. The first-order chi connectivity index (χ1) is 8.52. The quantitative estimate of drug-likeness (QED) is 0.835. The van der Waals surface area contributed by atoms with Gasteiger partial charge in [-0.25, -0.2) is 4.79 Å². The van der Waals surface area contributed by atoms with E-state index < -0.39 is 5.97 Å². The number of hydrogen-bond acceptors (Lipinski definition) is 4. The third-order valence-electron chi connectivity index (χ3n) is 1.76. The number of benzene rings is 1. The van der Waals surface area contributed by atoms with Crippen molar-refractivity contribution in [3.8, 4) is 5.75 Å². The number of ether oxygens (including phenoxy) is 2. The maximum atomic E-state index is 10.6. The fourth-order valence-corrected chi connectivity index (χ4v) is 1.13. The van der Waals surface area contributed by atoms with Crippen LogP contribution in [0.4, 0.5) is 0 Å². The third kappa shape index (κ3) is 6.52. The van der Waals surface area contributed by atoms with Gasteiger partial charge in [0.15, 0.2) is 0 Å². The van der Waals surface area contributed by atoms with Crippen molar-refractivity contribution in [2.75, 3.05) is 13.2 Å². The zero-order valence-corrected chi connectivity index (χ0v) is 10.8. The highest BCUT2D eigenvalue weighted by atomic mass is 16.5. The van der Waals surface area contributed by atoms with Crippen LogP contribution in [0.15, 0.2) is 24.3 Å². The van der Waals surface area contributed by atoms with Crippen molar-refractivity contribution in [2.24, 2.45) is 0 Å². The lowest BCUT2D eigenvalue weighted by molar-refractivity contribution is -0.140. The maximum absolute atomic E-state index is 10.6. The zero-order chi connectivity index (χ0) is 14.0. The maximum Gasteiger partial charge on any atom is 0.339 e. The van der Waals surface area contributed by atoms with E-state index in [1.54, 1.807) is 25.1 Å². The first kappa shape index (κ1) is 16.0. The molecule has 5 nitrogen and oxygen atoms in total. The molecule has 0 spiro atoms. The molecule has 0 aliphatic heterocycles. The Kier molecular flexibility index (Phi) is 8.01. The van der Waals surface area contributed by atoms with Gasteiger partial charge in [-0.2, -0.15) is 0 Å². The van der Waals surface area contributed by atoms with Gasteiger partial charge in [-0.15, -0.1) is 0 Å². The summed E-state index contributed by atoms with van der Waals surface area (Å²) < 4.78 is 9.52. The van der Waals surface area contributed by atoms with Crippen molar-refractivity contribution in [1.82, 2.24) is 0 Å².